The molecule has 0 unspecified atom stereocenters. The lowest BCUT2D eigenvalue weighted by Crippen LogP contribution is -2.32. The lowest BCUT2D eigenvalue weighted by Gasteiger charge is -2.21. The van der Waals surface area contributed by atoms with Gasteiger partial charge in [0.1, 0.15) is 5.82 Å². The van der Waals surface area contributed by atoms with Crippen molar-refractivity contribution in [3.8, 4) is 0 Å². The van der Waals surface area contributed by atoms with E-state index >= 15 is 0 Å². The SMILES string of the molecule is C=CCN(CC=C)S(=O)(=O)c1ccc(C(=O)N(Cc2cccnc2)c2nc3ccc(F)cc3s2)cc1. The van der Waals surface area contributed by atoms with Gasteiger partial charge in [0, 0.05) is 31.0 Å². The number of anilines is 1. The molecule has 2 aromatic carbocycles. The van der Waals surface area contributed by atoms with Crippen molar-refractivity contribution in [3.05, 3.63) is 109 Å². The standard InChI is InChI=1S/C26H23FN4O3S2/c1-3-14-30(15-4-2)36(33,34)22-10-7-20(8-11-22)25(32)31(18-19-6-5-13-28-17-19)26-29-23-12-9-21(27)16-24(23)35-26/h3-13,16-17H,1-2,14-15,18H2. The van der Waals surface area contributed by atoms with Crippen molar-refractivity contribution in [3.63, 3.8) is 0 Å². The van der Waals surface area contributed by atoms with Crippen molar-refractivity contribution in [1.29, 1.82) is 0 Å². The summed E-state index contributed by atoms with van der Waals surface area (Å²) in [6.45, 7) is 7.66. The quantitative estimate of drug-likeness (QED) is 0.273. The fourth-order valence-electron chi connectivity index (χ4n) is 3.54. The average Bonchev–Trinajstić information content (AvgIpc) is 3.30. The average molecular weight is 523 g/mol. The Labute approximate surface area is 212 Å². The molecule has 0 aliphatic rings. The Hall–Kier alpha value is -3.73. The highest BCUT2D eigenvalue weighted by atomic mass is 32.2. The third-order valence-corrected chi connectivity index (χ3v) is 8.17. The summed E-state index contributed by atoms with van der Waals surface area (Å²) in [6.07, 6.45) is 6.28. The second-order valence-electron chi connectivity index (χ2n) is 7.78. The lowest BCUT2D eigenvalue weighted by molar-refractivity contribution is 0.0985. The summed E-state index contributed by atoms with van der Waals surface area (Å²) in [7, 11) is -3.80. The summed E-state index contributed by atoms with van der Waals surface area (Å²) >= 11 is 1.20. The van der Waals surface area contributed by atoms with Crippen LogP contribution in [-0.4, -0.2) is 41.7 Å². The van der Waals surface area contributed by atoms with Crippen LogP contribution < -0.4 is 4.90 Å². The summed E-state index contributed by atoms with van der Waals surface area (Å²) < 4.78 is 41.6. The molecule has 4 aromatic rings. The monoisotopic (exact) mass is 522 g/mol. The number of fused-ring (bicyclic) bond motifs is 1. The molecule has 36 heavy (non-hydrogen) atoms. The van der Waals surface area contributed by atoms with Crippen LogP contribution in [0.3, 0.4) is 0 Å². The van der Waals surface area contributed by atoms with E-state index in [0.717, 1.165) is 5.56 Å². The fraction of sp³-hybridized carbons (Fsp3) is 0.115. The second-order valence-corrected chi connectivity index (χ2v) is 10.7. The minimum Gasteiger partial charge on any atom is -0.279 e. The molecule has 0 N–H and O–H groups in total. The number of pyridine rings is 1. The summed E-state index contributed by atoms with van der Waals surface area (Å²) in [4.78, 5) is 23.8. The third-order valence-electron chi connectivity index (χ3n) is 5.28. The predicted molar refractivity (Wildman–Crippen MR) is 140 cm³/mol. The van der Waals surface area contributed by atoms with Gasteiger partial charge in [-0.05, 0) is 54.1 Å². The van der Waals surface area contributed by atoms with Gasteiger partial charge < -0.3 is 0 Å². The predicted octanol–water partition coefficient (Wildman–Crippen LogP) is 5.04. The van der Waals surface area contributed by atoms with Gasteiger partial charge in [-0.25, -0.2) is 17.8 Å². The van der Waals surface area contributed by atoms with Gasteiger partial charge in [-0.3, -0.25) is 14.7 Å². The molecule has 4 rings (SSSR count). The minimum absolute atomic E-state index is 0.0528. The maximum atomic E-state index is 13.7. The maximum Gasteiger partial charge on any atom is 0.260 e. The van der Waals surface area contributed by atoms with E-state index in [1.54, 1.807) is 24.5 Å². The van der Waals surface area contributed by atoms with E-state index in [4.69, 9.17) is 0 Å². The molecule has 0 aliphatic heterocycles. The lowest BCUT2D eigenvalue weighted by atomic mass is 10.2. The first-order valence-electron chi connectivity index (χ1n) is 10.9. The summed E-state index contributed by atoms with van der Waals surface area (Å²) in [5, 5.41) is 0.393. The largest absolute Gasteiger partial charge is 0.279 e. The molecule has 0 aliphatic carbocycles. The number of carbonyl (C=O) groups excluding carboxylic acids is 1. The number of carbonyl (C=O) groups is 1. The molecule has 0 saturated carbocycles. The molecule has 0 spiro atoms. The molecule has 0 radical (unpaired) electrons. The number of amides is 1. The van der Waals surface area contributed by atoms with Crippen LogP contribution in [0.15, 0.2) is 97.2 Å². The maximum absolute atomic E-state index is 13.7. The van der Waals surface area contributed by atoms with Crippen molar-refractivity contribution >= 4 is 42.6 Å². The van der Waals surface area contributed by atoms with Crippen LogP contribution >= 0.6 is 11.3 Å². The summed E-state index contributed by atoms with van der Waals surface area (Å²) in [5.74, 6) is -0.766. The topological polar surface area (TPSA) is 83.5 Å². The van der Waals surface area contributed by atoms with Gasteiger partial charge in [0.2, 0.25) is 10.0 Å². The number of hydrogen-bond donors (Lipinski definition) is 0. The molecule has 2 heterocycles. The van der Waals surface area contributed by atoms with Crippen LogP contribution in [0.1, 0.15) is 15.9 Å². The van der Waals surface area contributed by atoms with E-state index in [9.17, 15) is 17.6 Å². The van der Waals surface area contributed by atoms with Gasteiger partial charge in [-0.15, -0.1) is 13.2 Å². The van der Waals surface area contributed by atoms with Gasteiger partial charge in [0.05, 0.1) is 21.7 Å². The number of thiazole rings is 1. The minimum atomic E-state index is -3.80. The number of halogens is 1. The first-order chi connectivity index (χ1) is 17.3. The number of aromatic nitrogens is 2. The van der Waals surface area contributed by atoms with Crippen molar-refractivity contribution in [2.75, 3.05) is 18.0 Å². The summed E-state index contributed by atoms with van der Waals surface area (Å²) in [5.41, 5.74) is 1.63. The van der Waals surface area contributed by atoms with Crippen LogP contribution in [0.5, 0.6) is 0 Å². The number of rotatable bonds is 10. The molecule has 0 fully saturated rings. The molecular formula is C26H23FN4O3S2. The van der Waals surface area contributed by atoms with Crippen molar-refractivity contribution < 1.29 is 17.6 Å². The molecule has 7 nitrogen and oxygen atoms in total. The van der Waals surface area contributed by atoms with E-state index in [0.29, 0.717) is 15.3 Å². The molecule has 0 saturated heterocycles. The Morgan fingerprint density at radius 3 is 2.42 bits per heavy atom. The number of nitrogens with zero attached hydrogens (tertiary/aromatic N) is 4. The molecule has 2 aromatic heterocycles. The van der Waals surface area contributed by atoms with E-state index in [2.05, 4.69) is 23.1 Å². The van der Waals surface area contributed by atoms with Crippen LogP contribution in [0.4, 0.5) is 9.52 Å². The van der Waals surface area contributed by atoms with Gasteiger partial charge in [-0.2, -0.15) is 4.31 Å². The van der Waals surface area contributed by atoms with E-state index in [1.807, 2.05) is 6.07 Å². The van der Waals surface area contributed by atoms with Gasteiger partial charge in [-0.1, -0.05) is 29.6 Å². The highest BCUT2D eigenvalue weighted by Crippen LogP contribution is 2.31. The van der Waals surface area contributed by atoms with Gasteiger partial charge >= 0.3 is 0 Å². The van der Waals surface area contributed by atoms with Crippen molar-refractivity contribution in [1.82, 2.24) is 14.3 Å². The Morgan fingerprint density at radius 2 is 1.78 bits per heavy atom. The Balaban J connectivity index is 1.68. The van der Waals surface area contributed by atoms with E-state index in [1.165, 1.54) is 69.1 Å². The Kier molecular flexibility index (Phi) is 7.68. The zero-order valence-electron chi connectivity index (χ0n) is 19.2. The normalized spacial score (nSPS) is 11.5. The first kappa shape index (κ1) is 25.4. The van der Waals surface area contributed by atoms with Crippen LogP contribution in [0.2, 0.25) is 0 Å². The number of hydrogen-bond acceptors (Lipinski definition) is 6. The third kappa shape index (κ3) is 5.40. The zero-order chi connectivity index (χ0) is 25.7. The van der Waals surface area contributed by atoms with Crippen LogP contribution in [-0.2, 0) is 16.6 Å². The second kappa shape index (κ2) is 10.9. The smallest absolute Gasteiger partial charge is 0.260 e. The highest BCUT2D eigenvalue weighted by molar-refractivity contribution is 7.89. The van der Waals surface area contributed by atoms with Crippen molar-refractivity contribution in [2.45, 2.75) is 11.4 Å². The Bertz CT molecular complexity index is 1490. The van der Waals surface area contributed by atoms with Gasteiger partial charge in [0.15, 0.2) is 5.13 Å². The molecule has 10 heteroatoms. The zero-order valence-corrected chi connectivity index (χ0v) is 20.9. The van der Waals surface area contributed by atoms with Crippen molar-refractivity contribution in [2.24, 2.45) is 0 Å². The fourth-order valence-corrected chi connectivity index (χ4v) is 5.91. The van der Waals surface area contributed by atoms with E-state index < -0.39 is 10.0 Å². The van der Waals surface area contributed by atoms with Crippen LogP contribution in [0.25, 0.3) is 10.2 Å². The highest BCUT2D eigenvalue weighted by Gasteiger charge is 2.25. The number of benzene rings is 2. The molecule has 0 atom stereocenters. The first-order valence-corrected chi connectivity index (χ1v) is 13.2. The van der Waals surface area contributed by atoms with Gasteiger partial charge in [0.25, 0.3) is 5.91 Å². The van der Waals surface area contributed by atoms with Crippen LogP contribution in [0, 0.1) is 5.82 Å². The summed E-state index contributed by atoms with van der Waals surface area (Å²) in [6, 6.07) is 13.6. The van der Waals surface area contributed by atoms with E-state index in [-0.39, 0.29) is 41.8 Å². The molecule has 184 valence electrons. The number of sulfonamides is 1. The Morgan fingerprint density at radius 1 is 1.06 bits per heavy atom. The molecule has 1 amide bonds. The molecule has 0 bridgehead atoms. The molecular weight excluding hydrogens is 499 g/mol.